The van der Waals surface area contributed by atoms with Crippen LogP contribution in [0.3, 0.4) is 0 Å². The quantitative estimate of drug-likeness (QED) is 0.893. The van der Waals surface area contributed by atoms with Crippen LogP contribution in [0.5, 0.6) is 5.75 Å². The van der Waals surface area contributed by atoms with Crippen molar-refractivity contribution in [1.82, 2.24) is 4.90 Å². The number of amides is 1. The first-order valence-corrected chi connectivity index (χ1v) is 6.89. The second-order valence-electron chi connectivity index (χ2n) is 4.20. The Bertz CT molecular complexity index is 513. The molecule has 1 fully saturated rings. The van der Waals surface area contributed by atoms with Crippen molar-refractivity contribution in [3.05, 3.63) is 28.2 Å². The van der Waals surface area contributed by atoms with Crippen LogP contribution in [0.15, 0.2) is 22.7 Å². The molecule has 0 aromatic heterocycles. The number of benzene rings is 1. The summed E-state index contributed by atoms with van der Waals surface area (Å²) in [5.41, 5.74) is 0.0224. The molecule has 1 heterocycles. The molecule has 7 heteroatoms. The molecule has 0 spiro atoms. The van der Waals surface area contributed by atoms with Gasteiger partial charge in [0.2, 0.25) is 0 Å². The first kappa shape index (κ1) is 14.8. The molecule has 0 radical (unpaired) electrons. The fourth-order valence-electron chi connectivity index (χ4n) is 1.86. The fraction of sp³-hybridized carbons (Fsp3) is 0.385. The summed E-state index contributed by atoms with van der Waals surface area (Å²) >= 11 is 3.23. The monoisotopic (exact) mass is 343 g/mol. The zero-order valence-electron chi connectivity index (χ0n) is 10.7. The normalized spacial score (nSPS) is 14.9. The van der Waals surface area contributed by atoms with E-state index in [0.717, 1.165) is 0 Å². The molecule has 0 bridgehead atoms. The number of halogens is 1. The van der Waals surface area contributed by atoms with Gasteiger partial charge < -0.3 is 19.5 Å². The molecule has 1 aromatic rings. The average Bonchev–Trinajstić information content (AvgIpc) is 2.46. The number of carboxylic acid groups (broad SMARTS) is 1. The van der Waals surface area contributed by atoms with E-state index in [9.17, 15) is 9.59 Å². The van der Waals surface area contributed by atoms with Crippen molar-refractivity contribution < 1.29 is 24.2 Å². The van der Waals surface area contributed by atoms with E-state index >= 15 is 0 Å². The van der Waals surface area contributed by atoms with Gasteiger partial charge in [0.25, 0.3) is 5.91 Å². The number of aromatic carboxylic acids is 1. The molecule has 0 saturated carbocycles. The highest BCUT2D eigenvalue weighted by Gasteiger charge is 2.20. The van der Waals surface area contributed by atoms with Crippen molar-refractivity contribution in [1.29, 1.82) is 0 Å². The Morgan fingerprint density at radius 3 is 2.70 bits per heavy atom. The van der Waals surface area contributed by atoms with E-state index in [0.29, 0.717) is 30.8 Å². The van der Waals surface area contributed by atoms with Crippen molar-refractivity contribution in [2.45, 2.75) is 0 Å². The van der Waals surface area contributed by atoms with Crippen LogP contribution in [0.1, 0.15) is 10.4 Å². The molecule has 0 aliphatic carbocycles. The summed E-state index contributed by atoms with van der Waals surface area (Å²) in [6, 6.07) is 4.70. The van der Waals surface area contributed by atoms with Gasteiger partial charge in [0.1, 0.15) is 11.3 Å². The standard InChI is InChI=1S/C13H14BrNO5/c14-10-3-1-2-9(13(17)18)12(10)20-8-11(16)15-4-6-19-7-5-15/h1-3H,4-8H2,(H,17,18). The van der Waals surface area contributed by atoms with Crippen LogP contribution in [-0.4, -0.2) is 54.8 Å². The molecular formula is C13H14BrNO5. The van der Waals surface area contributed by atoms with Crippen molar-refractivity contribution in [2.75, 3.05) is 32.9 Å². The Kier molecular flexibility index (Phi) is 4.97. The molecule has 1 aliphatic heterocycles. The maximum Gasteiger partial charge on any atom is 0.339 e. The molecule has 2 rings (SSSR count). The molecule has 1 saturated heterocycles. The largest absolute Gasteiger partial charge is 0.482 e. The Hall–Kier alpha value is -1.60. The SMILES string of the molecule is O=C(O)c1cccc(Br)c1OCC(=O)N1CCOCC1. The number of rotatable bonds is 4. The number of carbonyl (C=O) groups is 2. The minimum absolute atomic E-state index is 0.0224. The summed E-state index contributed by atoms with van der Waals surface area (Å²) in [6.07, 6.45) is 0. The van der Waals surface area contributed by atoms with Gasteiger partial charge >= 0.3 is 5.97 Å². The molecule has 1 amide bonds. The maximum atomic E-state index is 11.9. The van der Waals surface area contributed by atoms with Gasteiger partial charge in [-0.15, -0.1) is 0 Å². The number of hydrogen-bond acceptors (Lipinski definition) is 4. The molecule has 1 aromatic carbocycles. The third-order valence-electron chi connectivity index (χ3n) is 2.90. The topological polar surface area (TPSA) is 76.1 Å². The zero-order chi connectivity index (χ0) is 14.5. The number of ether oxygens (including phenoxy) is 2. The molecule has 0 atom stereocenters. The predicted molar refractivity (Wildman–Crippen MR) is 74.0 cm³/mol. The average molecular weight is 344 g/mol. The third kappa shape index (κ3) is 3.49. The number of carbonyl (C=O) groups excluding carboxylic acids is 1. The van der Waals surface area contributed by atoms with Crippen molar-refractivity contribution in [3.8, 4) is 5.75 Å². The lowest BCUT2D eigenvalue weighted by Gasteiger charge is -2.26. The van der Waals surface area contributed by atoms with Crippen molar-refractivity contribution in [2.24, 2.45) is 0 Å². The molecule has 0 unspecified atom stereocenters. The van der Waals surface area contributed by atoms with E-state index in [2.05, 4.69) is 15.9 Å². The summed E-state index contributed by atoms with van der Waals surface area (Å²) in [5.74, 6) is -1.11. The van der Waals surface area contributed by atoms with Crippen LogP contribution in [0.25, 0.3) is 0 Å². The number of nitrogens with zero attached hydrogens (tertiary/aromatic N) is 1. The van der Waals surface area contributed by atoms with Gasteiger partial charge in [0.05, 0.1) is 17.7 Å². The van der Waals surface area contributed by atoms with E-state index in [1.54, 1.807) is 17.0 Å². The lowest BCUT2D eigenvalue weighted by molar-refractivity contribution is -0.137. The number of morpholine rings is 1. The highest BCUT2D eigenvalue weighted by Crippen LogP contribution is 2.29. The van der Waals surface area contributed by atoms with Gasteiger partial charge in [-0.25, -0.2) is 4.79 Å². The highest BCUT2D eigenvalue weighted by molar-refractivity contribution is 9.10. The number of hydrogen-bond donors (Lipinski definition) is 1. The fourth-order valence-corrected chi connectivity index (χ4v) is 2.34. The predicted octanol–water partition coefficient (Wildman–Crippen LogP) is 1.38. The lowest BCUT2D eigenvalue weighted by Crippen LogP contribution is -2.43. The summed E-state index contributed by atoms with van der Waals surface area (Å²) in [4.78, 5) is 24.7. The first-order chi connectivity index (χ1) is 9.59. The minimum atomic E-state index is -1.10. The highest BCUT2D eigenvalue weighted by atomic mass is 79.9. The van der Waals surface area contributed by atoms with Crippen molar-refractivity contribution >= 4 is 27.8 Å². The molecule has 1 N–H and O–H groups in total. The smallest absolute Gasteiger partial charge is 0.339 e. The van der Waals surface area contributed by atoms with Gasteiger partial charge in [-0.1, -0.05) is 6.07 Å². The first-order valence-electron chi connectivity index (χ1n) is 6.09. The van der Waals surface area contributed by atoms with E-state index in [1.807, 2.05) is 0 Å². The Morgan fingerprint density at radius 2 is 2.05 bits per heavy atom. The molecule has 108 valence electrons. The Balaban J connectivity index is 2.03. The number of para-hydroxylation sites is 1. The summed E-state index contributed by atoms with van der Waals surface area (Å²) in [7, 11) is 0. The molecular weight excluding hydrogens is 330 g/mol. The van der Waals surface area contributed by atoms with Crippen molar-refractivity contribution in [3.63, 3.8) is 0 Å². The Morgan fingerprint density at radius 1 is 1.35 bits per heavy atom. The van der Waals surface area contributed by atoms with Crippen LogP contribution in [-0.2, 0) is 9.53 Å². The van der Waals surface area contributed by atoms with E-state index in [4.69, 9.17) is 14.6 Å². The molecule has 1 aliphatic rings. The zero-order valence-corrected chi connectivity index (χ0v) is 12.3. The van der Waals surface area contributed by atoms with Crippen LogP contribution >= 0.6 is 15.9 Å². The van der Waals surface area contributed by atoms with Crippen LogP contribution < -0.4 is 4.74 Å². The van der Waals surface area contributed by atoms with Crippen LogP contribution in [0, 0.1) is 0 Å². The van der Waals surface area contributed by atoms with Crippen LogP contribution in [0.2, 0.25) is 0 Å². The molecule has 6 nitrogen and oxygen atoms in total. The summed E-state index contributed by atoms with van der Waals surface area (Å²) in [5, 5.41) is 9.09. The van der Waals surface area contributed by atoms with Gasteiger partial charge in [0, 0.05) is 13.1 Å². The van der Waals surface area contributed by atoms with Gasteiger partial charge in [0.15, 0.2) is 6.61 Å². The minimum Gasteiger partial charge on any atom is -0.482 e. The summed E-state index contributed by atoms with van der Waals surface area (Å²) in [6.45, 7) is 1.90. The molecule has 20 heavy (non-hydrogen) atoms. The van der Waals surface area contributed by atoms with E-state index in [-0.39, 0.29) is 23.8 Å². The maximum absolute atomic E-state index is 11.9. The van der Waals surface area contributed by atoms with E-state index in [1.165, 1.54) is 6.07 Å². The Labute approximate surface area is 124 Å². The van der Waals surface area contributed by atoms with E-state index < -0.39 is 5.97 Å². The van der Waals surface area contributed by atoms with Gasteiger partial charge in [-0.3, -0.25) is 4.79 Å². The number of carboxylic acids is 1. The lowest BCUT2D eigenvalue weighted by atomic mass is 10.2. The van der Waals surface area contributed by atoms with Gasteiger partial charge in [-0.05, 0) is 28.1 Å². The third-order valence-corrected chi connectivity index (χ3v) is 3.53. The van der Waals surface area contributed by atoms with Gasteiger partial charge in [-0.2, -0.15) is 0 Å². The second-order valence-corrected chi connectivity index (χ2v) is 5.06. The summed E-state index contributed by atoms with van der Waals surface area (Å²) < 4.78 is 11.1. The van der Waals surface area contributed by atoms with Crippen LogP contribution in [0.4, 0.5) is 0 Å². The second kappa shape index (κ2) is 6.71.